The molecule has 164 valence electrons. The predicted molar refractivity (Wildman–Crippen MR) is 144 cm³/mol. The lowest BCUT2D eigenvalue weighted by Gasteiger charge is -2.20. The summed E-state index contributed by atoms with van der Waals surface area (Å²) in [5.41, 5.74) is 3.51. The van der Waals surface area contributed by atoms with Crippen LogP contribution in [0.25, 0.3) is 31.7 Å². The van der Waals surface area contributed by atoms with Crippen molar-refractivity contribution in [3.05, 3.63) is 126 Å². The van der Waals surface area contributed by atoms with Gasteiger partial charge in [-0.15, -0.1) is 11.3 Å². The topological polar surface area (TPSA) is 37.8 Å². The van der Waals surface area contributed by atoms with Crippen molar-refractivity contribution in [2.75, 3.05) is 11.9 Å². The summed E-state index contributed by atoms with van der Waals surface area (Å²) in [6.45, 7) is 0.737. The number of nitrogens with zero attached hydrogens (tertiary/aromatic N) is 2. The molecule has 0 saturated heterocycles. The van der Waals surface area contributed by atoms with Crippen LogP contribution in [0.2, 0.25) is 0 Å². The van der Waals surface area contributed by atoms with Crippen molar-refractivity contribution in [1.82, 2.24) is 9.97 Å². The number of nitrogens with one attached hydrogen (secondary N) is 1. The summed E-state index contributed by atoms with van der Waals surface area (Å²) in [4.78, 5) is 11.0. The quantitative estimate of drug-likeness (QED) is 0.278. The maximum atomic E-state index is 5.01. The maximum absolute atomic E-state index is 5.01. The van der Waals surface area contributed by atoms with Crippen LogP contribution >= 0.6 is 11.3 Å². The Kier molecular flexibility index (Phi) is 5.50. The first kappa shape index (κ1) is 20.6. The second kappa shape index (κ2) is 9.08. The van der Waals surface area contributed by atoms with E-state index < -0.39 is 0 Å². The lowest BCUT2D eigenvalue weighted by Crippen LogP contribution is -2.15. The number of benzene rings is 4. The number of rotatable bonds is 6. The lowest BCUT2D eigenvalue weighted by molar-refractivity contribution is 0.849. The van der Waals surface area contributed by atoms with Gasteiger partial charge in [-0.2, -0.15) is 0 Å². The van der Waals surface area contributed by atoms with Crippen LogP contribution in [0.1, 0.15) is 17.0 Å². The molecule has 1 N–H and O–H groups in total. The second-order valence-corrected chi connectivity index (χ2v) is 9.40. The van der Waals surface area contributed by atoms with E-state index in [1.165, 1.54) is 21.2 Å². The highest BCUT2D eigenvalue weighted by Crippen LogP contribution is 2.34. The Morgan fingerprint density at radius 3 is 2.06 bits per heavy atom. The highest BCUT2D eigenvalue weighted by Gasteiger charge is 2.16. The molecule has 2 heterocycles. The van der Waals surface area contributed by atoms with E-state index in [1.54, 1.807) is 11.3 Å². The molecule has 0 amide bonds. The van der Waals surface area contributed by atoms with E-state index in [-0.39, 0.29) is 5.92 Å². The molecule has 0 fully saturated rings. The van der Waals surface area contributed by atoms with E-state index in [0.717, 1.165) is 34.0 Å². The van der Waals surface area contributed by atoms with Crippen molar-refractivity contribution >= 4 is 38.1 Å². The fourth-order valence-electron chi connectivity index (χ4n) is 4.41. The number of hydrogen-bond acceptors (Lipinski definition) is 4. The molecular formula is C30H23N3S. The Labute approximate surface area is 202 Å². The molecule has 6 aromatic rings. The molecule has 6 rings (SSSR count). The summed E-state index contributed by atoms with van der Waals surface area (Å²) in [5, 5.41) is 5.94. The van der Waals surface area contributed by atoms with Gasteiger partial charge in [-0.25, -0.2) is 9.97 Å². The molecule has 0 atom stereocenters. The summed E-state index contributed by atoms with van der Waals surface area (Å²) in [7, 11) is 0. The Hall–Kier alpha value is -4.02. The number of thiophene rings is 1. The van der Waals surface area contributed by atoms with Crippen molar-refractivity contribution in [3.63, 3.8) is 0 Å². The average molecular weight is 458 g/mol. The lowest BCUT2D eigenvalue weighted by atomic mass is 9.91. The van der Waals surface area contributed by atoms with Crippen molar-refractivity contribution in [2.24, 2.45) is 0 Å². The van der Waals surface area contributed by atoms with Gasteiger partial charge in [-0.3, -0.25) is 0 Å². The van der Waals surface area contributed by atoms with Crippen molar-refractivity contribution < 1.29 is 0 Å². The van der Waals surface area contributed by atoms with Crippen molar-refractivity contribution in [2.45, 2.75) is 5.92 Å². The minimum atomic E-state index is 0.212. The molecule has 34 heavy (non-hydrogen) atoms. The molecule has 2 aromatic heterocycles. The number of aromatic nitrogens is 2. The van der Waals surface area contributed by atoms with Crippen LogP contribution in [0.15, 0.2) is 115 Å². The number of fused-ring (bicyclic) bond motifs is 2. The zero-order valence-corrected chi connectivity index (χ0v) is 19.4. The zero-order chi connectivity index (χ0) is 22.7. The van der Waals surface area contributed by atoms with Crippen LogP contribution in [0, 0.1) is 0 Å². The van der Waals surface area contributed by atoms with Gasteiger partial charge in [0, 0.05) is 22.5 Å². The van der Waals surface area contributed by atoms with Gasteiger partial charge in [0.05, 0.1) is 10.4 Å². The van der Waals surface area contributed by atoms with E-state index in [4.69, 9.17) is 9.97 Å². The normalized spacial score (nSPS) is 11.3. The van der Waals surface area contributed by atoms with Gasteiger partial charge in [0.15, 0.2) is 5.82 Å². The first-order chi connectivity index (χ1) is 16.8. The summed E-state index contributed by atoms with van der Waals surface area (Å²) in [6, 6.07) is 40.2. The van der Waals surface area contributed by atoms with E-state index >= 15 is 0 Å². The minimum Gasteiger partial charge on any atom is -0.368 e. The molecule has 4 aromatic carbocycles. The fraction of sp³-hybridized carbons (Fsp3) is 0.0667. The monoisotopic (exact) mass is 457 g/mol. The maximum Gasteiger partial charge on any atom is 0.172 e. The van der Waals surface area contributed by atoms with Crippen LogP contribution in [-0.2, 0) is 0 Å². The molecule has 0 saturated carbocycles. The second-order valence-electron chi connectivity index (χ2n) is 8.32. The van der Waals surface area contributed by atoms with Gasteiger partial charge < -0.3 is 5.32 Å². The Morgan fingerprint density at radius 2 is 1.32 bits per heavy atom. The van der Waals surface area contributed by atoms with Gasteiger partial charge in [-0.05, 0) is 40.8 Å². The highest BCUT2D eigenvalue weighted by atomic mass is 32.1. The van der Waals surface area contributed by atoms with Gasteiger partial charge in [0.25, 0.3) is 0 Å². The Balaban J connectivity index is 1.40. The molecule has 0 aliphatic heterocycles. The molecule has 0 aliphatic rings. The Morgan fingerprint density at radius 1 is 0.676 bits per heavy atom. The van der Waals surface area contributed by atoms with Crippen molar-refractivity contribution in [1.29, 1.82) is 0 Å². The molecule has 0 bridgehead atoms. The molecule has 0 aliphatic carbocycles. The summed E-state index contributed by atoms with van der Waals surface area (Å²) in [6.07, 6.45) is 0. The fourth-order valence-corrected chi connectivity index (χ4v) is 5.41. The molecule has 3 nitrogen and oxygen atoms in total. The molecule has 4 heteroatoms. The van der Waals surface area contributed by atoms with Crippen LogP contribution in [0.5, 0.6) is 0 Å². The summed E-state index contributed by atoms with van der Waals surface area (Å²) < 4.78 is 1.25. The molecular weight excluding hydrogens is 434 g/mol. The molecule has 0 radical (unpaired) electrons. The zero-order valence-electron chi connectivity index (χ0n) is 18.6. The average Bonchev–Trinajstić information content (AvgIpc) is 3.34. The van der Waals surface area contributed by atoms with Gasteiger partial charge in [0.1, 0.15) is 5.82 Å². The predicted octanol–water partition coefficient (Wildman–Crippen LogP) is 7.76. The largest absolute Gasteiger partial charge is 0.368 e. The molecule has 0 unspecified atom stereocenters. The van der Waals surface area contributed by atoms with E-state index in [2.05, 4.69) is 108 Å². The highest BCUT2D eigenvalue weighted by molar-refractivity contribution is 7.22. The third-order valence-electron chi connectivity index (χ3n) is 6.13. The van der Waals surface area contributed by atoms with Crippen LogP contribution in [-0.4, -0.2) is 16.5 Å². The number of anilines is 1. The van der Waals surface area contributed by atoms with E-state index in [0.29, 0.717) is 0 Å². The van der Waals surface area contributed by atoms with Gasteiger partial charge in [-0.1, -0.05) is 91.0 Å². The van der Waals surface area contributed by atoms with E-state index in [9.17, 15) is 0 Å². The Bertz CT molecular complexity index is 1490. The van der Waals surface area contributed by atoms with Crippen LogP contribution in [0.4, 0.5) is 5.82 Å². The third kappa shape index (κ3) is 4.04. The minimum absolute atomic E-state index is 0.212. The van der Waals surface area contributed by atoms with Crippen LogP contribution < -0.4 is 5.32 Å². The van der Waals surface area contributed by atoms with Crippen LogP contribution in [0.3, 0.4) is 0 Å². The summed E-state index contributed by atoms with van der Waals surface area (Å²) in [5.74, 6) is 1.84. The smallest absolute Gasteiger partial charge is 0.172 e. The summed E-state index contributed by atoms with van der Waals surface area (Å²) >= 11 is 1.73. The first-order valence-electron chi connectivity index (χ1n) is 11.4. The number of hydrogen-bond donors (Lipinski definition) is 1. The van der Waals surface area contributed by atoms with Gasteiger partial charge >= 0.3 is 0 Å². The van der Waals surface area contributed by atoms with Gasteiger partial charge in [0.2, 0.25) is 0 Å². The van der Waals surface area contributed by atoms with E-state index in [1.807, 2.05) is 12.1 Å². The molecule has 0 spiro atoms. The number of para-hydroxylation sites is 1. The first-order valence-corrected chi connectivity index (χ1v) is 12.3. The SMILES string of the molecule is c1ccc(C(CNc2nc(-c3cc4ccccc4s3)nc3ccccc23)c2ccccc2)cc1. The van der Waals surface area contributed by atoms with Crippen molar-refractivity contribution in [3.8, 4) is 10.7 Å². The standard InChI is InChI=1S/C30H23N3S/c1-3-11-21(12-4-1)25(22-13-5-2-6-14-22)20-31-29-24-16-8-9-17-26(24)32-30(33-29)28-19-23-15-7-10-18-27(23)34-28/h1-19,25H,20H2,(H,31,32,33). The third-order valence-corrected chi connectivity index (χ3v) is 7.24.